The Morgan fingerprint density at radius 1 is 1.28 bits per heavy atom. The van der Waals surface area contributed by atoms with E-state index in [9.17, 15) is 0 Å². The first kappa shape index (κ1) is 25.3. The summed E-state index contributed by atoms with van der Waals surface area (Å²) >= 11 is 1.80. The largest absolute Gasteiger partial charge is 0.379 e. The Hall–Kier alpha value is -1.28. The van der Waals surface area contributed by atoms with E-state index in [2.05, 4.69) is 43.2 Å². The van der Waals surface area contributed by atoms with Crippen LogP contribution in [-0.4, -0.2) is 77.7 Å². The number of halogens is 1. The third-order valence-corrected chi connectivity index (χ3v) is 6.88. The van der Waals surface area contributed by atoms with Crippen LogP contribution in [0.4, 0.5) is 0 Å². The minimum absolute atomic E-state index is 0. The van der Waals surface area contributed by atoms with Gasteiger partial charge in [0.25, 0.3) is 0 Å². The molecule has 2 N–H and O–H groups in total. The van der Waals surface area contributed by atoms with Crippen LogP contribution in [0.25, 0.3) is 0 Å². The lowest BCUT2D eigenvalue weighted by Gasteiger charge is -2.34. The van der Waals surface area contributed by atoms with Gasteiger partial charge in [0.05, 0.1) is 25.4 Å². The summed E-state index contributed by atoms with van der Waals surface area (Å²) in [5.41, 5.74) is 0. The van der Waals surface area contributed by atoms with Crippen LogP contribution in [0.15, 0.2) is 22.5 Å². The number of hydrogen-bond acceptors (Lipinski definition) is 7. The molecule has 9 nitrogen and oxygen atoms in total. The molecule has 178 valence electrons. The summed E-state index contributed by atoms with van der Waals surface area (Å²) in [6, 6.07) is 4.62. The zero-order valence-corrected chi connectivity index (χ0v) is 22.0. The van der Waals surface area contributed by atoms with Gasteiger partial charge in [-0.05, 0) is 31.2 Å². The molecule has 2 fully saturated rings. The molecule has 2 unspecified atom stereocenters. The Bertz CT molecular complexity index is 833. The van der Waals surface area contributed by atoms with Crippen molar-refractivity contribution in [1.29, 1.82) is 0 Å². The van der Waals surface area contributed by atoms with Gasteiger partial charge in [-0.15, -0.1) is 45.5 Å². The first-order valence-electron chi connectivity index (χ1n) is 11.0. The maximum Gasteiger partial charge on any atom is 0.191 e. The third-order valence-electron chi connectivity index (χ3n) is 5.90. The molecule has 2 aliphatic rings. The van der Waals surface area contributed by atoms with Crippen LogP contribution in [0.3, 0.4) is 0 Å². The lowest BCUT2D eigenvalue weighted by molar-refractivity contribution is 0.0177. The van der Waals surface area contributed by atoms with Gasteiger partial charge >= 0.3 is 0 Å². The van der Waals surface area contributed by atoms with E-state index in [0.29, 0.717) is 6.54 Å². The number of aromatic nitrogens is 3. The van der Waals surface area contributed by atoms with Crippen molar-refractivity contribution in [3.05, 3.63) is 34.0 Å². The van der Waals surface area contributed by atoms with E-state index in [1.54, 1.807) is 11.3 Å². The first-order chi connectivity index (χ1) is 15.2. The number of guanidine groups is 1. The van der Waals surface area contributed by atoms with Gasteiger partial charge in [-0.3, -0.25) is 4.90 Å². The van der Waals surface area contributed by atoms with Gasteiger partial charge in [0.15, 0.2) is 11.8 Å². The van der Waals surface area contributed by atoms with Gasteiger partial charge in [0.2, 0.25) is 0 Å². The lowest BCUT2D eigenvalue weighted by Crippen LogP contribution is -2.47. The van der Waals surface area contributed by atoms with E-state index in [0.717, 1.165) is 76.4 Å². The fraction of sp³-hybridized carbons (Fsp3) is 0.667. The highest BCUT2D eigenvalue weighted by Crippen LogP contribution is 2.25. The van der Waals surface area contributed by atoms with Crippen molar-refractivity contribution >= 4 is 41.3 Å². The van der Waals surface area contributed by atoms with Crippen LogP contribution in [0, 0.1) is 6.92 Å². The standard InChI is InChI=1S/C21H33N7O2S.HI/c1-16-25-26-20(27(16)2)15-24-21(22-13-17-5-3-9-30-17)23-14-18(19-6-4-12-31-19)28-7-10-29-11-8-28;/h4,6,12,17-18H,3,5,7-11,13-15H2,1-2H3,(H2,22,23,24);1H. The van der Waals surface area contributed by atoms with Crippen molar-refractivity contribution in [3.8, 4) is 0 Å². The fourth-order valence-corrected chi connectivity index (χ4v) is 4.76. The van der Waals surface area contributed by atoms with Crippen molar-refractivity contribution in [2.24, 2.45) is 12.0 Å². The molecule has 2 aliphatic heterocycles. The second-order valence-corrected chi connectivity index (χ2v) is 8.94. The summed E-state index contributed by atoms with van der Waals surface area (Å²) in [5, 5.41) is 17.6. The SMILES string of the molecule is Cc1nnc(CN=C(NCC2CCCO2)NCC(c2cccs2)N2CCOCC2)n1C.I. The molecule has 4 rings (SSSR count). The van der Waals surface area contributed by atoms with Crippen molar-refractivity contribution in [3.63, 3.8) is 0 Å². The van der Waals surface area contributed by atoms with Crippen molar-refractivity contribution in [2.45, 2.75) is 38.5 Å². The number of aliphatic imine (C=N–C) groups is 1. The Labute approximate surface area is 211 Å². The van der Waals surface area contributed by atoms with Crippen LogP contribution in [0.1, 0.15) is 35.4 Å². The Kier molecular flexibility index (Phi) is 10.2. The molecule has 2 atom stereocenters. The zero-order valence-electron chi connectivity index (χ0n) is 18.8. The van der Waals surface area contributed by atoms with E-state index >= 15 is 0 Å². The number of nitrogens with zero attached hydrogens (tertiary/aromatic N) is 5. The molecule has 2 aromatic heterocycles. The van der Waals surface area contributed by atoms with Crippen molar-refractivity contribution < 1.29 is 9.47 Å². The summed E-state index contributed by atoms with van der Waals surface area (Å²) in [7, 11) is 1.97. The minimum Gasteiger partial charge on any atom is -0.379 e. The molecular formula is C21H34IN7O2S. The molecule has 2 saturated heterocycles. The lowest BCUT2D eigenvalue weighted by atomic mass is 10.2. The van der Waals surface area contributed by atoms with E-state index in [1.807, 2.05) is 18.5 Å². The average Bonchev–Trinajstić information content (AvgIpc) is 3.56. The summed E-state index contributed by atoms with van der Waals surface area (Å²) in [6.45, 7) is 8.25. The van der Waals surface area contributed by atoms with Gasteiger partial charge in [-0.1, -0.05) is 6.07 Å². The molecule has 32 heavy (non-hydrogen) atoms. The molecule has 4 heterocycles. The highest BCUT2D eigenvalue weighted by Gasteiger charge is 2.24. The van der Waals surface area contributed by atoms with Gasteiger partial charge < -0.3 is 24.7 Å². The molecule has 0 aliphatic carbocycles. The predicted octanol–water partition coefficient (Wildman–Crippen LogP) is 2.09. The molecule has 0 spiro atoms. The minimum atomic E-state index is 0. The summed E-state index contributed by atoms with van der Waals surface area (Å²) in [4.78, 5) is 8.65. The number of nitrogens with one attached hydrogen (secondary N) is 2. The van der Waals surface area contributed by atoms with Crippen molar-refractivity contribution in [1.82, 2.24) is 30.3 Å². The van der Waals surface area contributed by atoms with E-state index in [1.165, 1.54) is 4.88 Å². The van der Waals surface area contributed by atoms with Crippen LogP contribution in [0.2, 0.25) is 0 Å². The maximum absolute atomic E-state index is 5.78. The van der Waals surface area contributed by atoms with Crippen molar-refractivity contribution in [2.75, 3.05) is 46.0 Å². The van der Waals surface area contributed by atoms with Gasteiger partial charge in [-0.25, -0.2) is 4.99 Å². The number of morpholine rings is 1. The molecular weight excluding hydrogens is 541 g/mol. The highest BCUT2D eigenvalue weighted by molar-refractivity contribution is 14.0. The van der Waals surface area contributed by atoms with E-state index < -0.39 is 0 Å². The summed E-state index contributed by atoms with van der Waals surface area (Å²) in [6.07, 6.45) is 2.47. The number of hydrogen-bond donors (Lipinski definition) is 2. The molecule has 0 bridgehead atoms. The molecule has 0 amide bonds. The van der Waals surface area contributed by atoms with Gasteiger partial charge in [0.1, 0.15) is 12.4 Å². The van der Waals surface area contributed by atoms with Gasteiger partial charge in [0, 0.05) is 44.7 Å². The molecule has 11 heteroatoms. The van der Waals surface area contributed by atoms with Crippen LogP contribution in [0.5, 0.6) is 0 Å². The molecule has 0 aromatic carbocycles. The van der Waals surface area contributed by atoms with Crippen LogP contribution >= 0.6 is 35.3 Å². The van der Waals surface area contributed by atoms with Gasteiger partial charge in [-0.2, -0.15) is 0 Å². The number of aryl methyl sites for hydroxylation is 1. The number of rotatable bonds is 8. The first-order valence-corrected chi connectivity index (χ1v) is 11.9. The Morgan fingerprint density at radius 3 is 2.78 bits per heavy atom. The second-order valence-electron chi connectivity index (χ2n) is 7.96. The number of ether oxygens (including phenoxy) is 2. The zero-order chi connectivity index (χ0) is 21.5. The maximum atomic E-state index is 5.78. The summed E-state index contributed by atoms with van der Waals surface area (Å²) in [5.74, 6) is 2.52. The second kappa shape index (κ2) is 12.8. The predicted molar refractivity (Wildman–Crippen MR) is 137 cm³/mol. The average molecular weight is 576 g/mol. The Morgan fingerprint density at radius 2 is 2.12 bits per heavy atom. The highest BCUT2D eigenvalue weighted by atomic mass is 127. The normalized spacial score (nSPS) is 20.7. The monoisotopic (exact) mass is 575 g/mol. The number of thiophene rings is 1. The van der Waals surface area contributed by atoms with Crippen LogP contribution in [-0.2, 0) is 23.1 Å². The fourth-order valence-electron chi connectivity index (χ4n) is 3.90. The molecule has 0 saturated carbocycles. The Balaban J connectivity index is 0.00000289. The topological polar surface area (TPSA) is 88.8 Å². The molecule has 0 radical (unpaired) electrons. The van der Waals surface area contributed by atoms with Crippen LogP contribution < -0.4 is 10.6 Å². The van der Waals surface area contributed by atoms with E-state index in [-0.39, 0.29) is 36.1 Å². The smallest absolute Gasteiger partial charge is 0.191 e. The summed E-state index contributed by atoms with van der Waals surface area (Å²) < 4.78 is 13.3. The third kappa shape index (κ3) is 6.86. The quantitative estimate of drug-likeness (QED) is 0.283. The van der Waals surface area contributed by atoms with E-state index in [4.69, 9.17) is 14.5 Å². The molecule has 2 aromatic rings.